The summed E-state index contributed by atoms with van der Waals surface area (Å²) in [5.41, 5.74) is 4.60. The molecule has 12 heteroatoms. The molecule has 5 aromatic rings. The Kier molecular flexibility index (Phi) is 15.1. The highest BCUT2D eigenvalue weighted by Crippen LogP contribution is 2.48. The highest BCUT2D eigenvalue weighted by atomic mass is 16.6. The van der Waals surface area contributed by atoms with Gasteiger partial charge in [0.25, 0.3) is 0 Å². The van der Waals surface area contributed by atoms with E-state index in [4.69, 9.17) is 23.4 Å². The summed E-state index contributed by atoms with van der Waals surface area (Å²) >= 11 is 0. The second-order valence-corrected chi connectivity index (χ2v) is 17.5. The Morgan fingerprint density at radius 2 is 1.56 bits per heavy atom. The van der Waals surface area contributed by atoms with Crippen LogP contribution in [0, 0.1) is 5.92 Å². The number of carbonyl (C=O) groups excluding carboxylic acids is 2. The van der Waals surface area contributed by atoms with Gasteiger partial charge in [-0.3, -0.25) is 4.79 Å². The molecule has 4 heterocycles. The maximum absolute atomic E-state index is 14.6. The Labute approximate surface area is 373 Å². The van der Waals surface area contributed by atoms with Gasteiger partial charge >= 0.3 is 17.6 Å². The van der Waals surface area contributed by atoms with Gasteiger partial charge in [-0.1, -0.05) is 78.9 Å². The van der Waals surface area contributed by atoms with Crippen molar-refractivity contribution in [2.75, 3.05) is 26.6 Å². The van der Waals surface area contributed by atoms with E-state index in [1.54, 1.807) is 32.9 Å². The maximum Gasteiger partial charge on any atom is 0.340 e. The van der Waals surface area contributed by atoms with Gasteiger partial charge in [0, 0.05) is 35.5 Å². The number of hydrogen-bond acceptors (Lipinski definition) is 12. The van der Waals surface area contributed by atoms with Crippen molar-refractivity contribution in [1.29, 1.82) is 0 Å². The first-order chi connectivity index (χ1) is 30.9. The Morgan fingerprint density at radius 1 is 0.828 bits per heavy atom. The van der Waals surface area contributed by atoms with E-state index in [1.165, 1.54) is 11.1 Å². The fourth-order valence-corrected chi connectivity index (χ4v) is 9.15. The first kappa shape index (κ1) is 46.4. The molecule has 0 unspecified atom stereocenters. The summed E-state index contributed by atoms with van der Waals surface area (Å²) in [4.78, 5) is 43.0. The highest BCUT2D eigenvalue weighted by molar-refractivity contribution is 5.90. The van der Waals surface area contributed by atoms with E-state index >= 15 is 0 Å². The lowest BCUT2D eigenvalue weighted by Crippen LogP contribution is -2.52. The van der Waals surface area contributed by atoms with Crippen LogP contribution in [0.2, 0.25) is 0 Å². The van der Waals surface area contributed by atoms with E-state index < -0.39 is 54.7 Å². The molecule has 0 amide bonds. The number of carbonyl (C=O) groups is 2. The second-order valence-electron chi connectivity index (χ2n) is 17.5. The fraction of sp³-hybridized carbons (Fsp3) is 0.404. The summed E-state index contributed by atoms with van der Waals surface area (Å²) in [6.45, 7) is 3.07. The predicted molar refractivity (Wildman–Crippen MR) is 240 cm³/mol. The number of rotatable bonds is 13. The van der Waals surface area contributed by atoms with E-state index in [0.29, 0.717) is 36.6 Å². The summed E-state index contributed by atoms with van der Waals surface area (Å²) in [5, 5.41) is 40.6. The van der Waals surface area contributed by atoms with Gasteiger partial charge in [0.1, 0.15) is 23.7 Å². The molecule has 0 saturated heterocycles. The number of aryl methyl sites for hydroxylation is 2. The number of ether oxygens (including phenoxy) is 4. The lowest BCUT2D eigenvalue weighted by molar-refractivity contribution is -0.188. The Morgan fingerprint density at radius 3 is 2.28 bits per heavy atom. The van der Waals surface area contributed by atoms with E-state index in [2.05, 4.69) is 48.5 Å². The van der Waals surface area contributed by atoms with Gasteiger partial charge in [0.2, 0.25) is 0 Å². The molecule has 1 aromatic heterocycles. The zero-order chi connectivity index (χ0) is 45.4. The van der Waals surface area contributed by atoms with Crippen molar-refractivity contribution in [1.82, 2.24) is 0 Å². The molecule has 0 aliphatic carbocycles. The molecular formula is C52H58O12. The molecule has 4 N–H and O–H groups in total. The van der Waals surface area contributed by atoms with Crippen molar-refractivity contribution in [3.63, 3.8) is 0 Å². The second kappa shape index (κ2) is 20.9. The fourth-order valence-electron chi connectivity index (χ4n) is 9.15. The number of benzene rings is 4. The van der Waals surface area contributed by atoms with Crippen LogP contribution < -0.4 is 10.4 Å². The number of aliphatic hydroxyl groups is 4. The first-order valence-corrected chi connectivity index (χ1v) is 22.0. The first-order valence-electron chi connectivity index (χ1n) is 22.0. The van der Waals surface area contributed by atoms with Gasteiger partial charge in [-0.15, -0.1) is 0 Å². The third-order valence-corrected chi connectivity index (χ3v) is 12.5. The van der Waals surface area contributed by atoms with Crippen LogP contribution in [0.25, 0.3) is 11.0 Å². The zero-order valence-electron chi connectivity index (χ0n) is 36.7. The summed E-state index contributed by atoms with van der Waals surface area (Å²) in [6, 6.07) is 30.3. The van der Waals surface area contributed by atoms with Crippen molar-refractivity contribution >= 4 is 22.9 Å². The molecule has 0 spiro atoms. The van der Waals surface area contributed by atoms with Crippen molar-refractivity contribution in [2.45, 2.75) is 102 Å². The van der Waals surface area contributed by atoms with Crippen LogP contribution in [0.3, 0.4) is 0 Å². The molecular weight excluding hydrogens is 817 g/mol. The van der Waals surface area contributed by atoms with Gasteiger partial charge in [-0.25, -0.2) is 9.59 Å². The van der Waals surface area contributed by atoms with Crippen LogP contribution in [0.1, 0.15) is 103 Å². The summed E-state index contributed by atoms with van der Waals surface area (Å²) in [5.74, 6) is -1.95. The average molecular weight is 875 g/mol. The van der Waals surface area contributed by atoms with Crippen LogP contribution in [-0.4, -0.2) is 70.7 Å². The molecule has 0 saturated carbocycles. The molecule has 0 radical (unpaired) electrons. The van der Waals surface area contributed by atoms with Gasteiger partial charge in [0.05, 0.1) is 25.4 Å². The largest absolute Gasteiger partial charge is 0.483 e. The van der Waals surface area contributed by atoms with Crippen molar-refractivity contribution in [2.24, 2.45) is 5.92 Å². The Hall–Kier alpha value is -5.63. The molecule has 3 aliphatic rings. The van der Waals surface area contributed by atoms with E-state index in [9.17, 15) is 34.8 Å². The molecule has 4 atom stereocenters. The minimum atomic E-state index is -1.34. The van der Waals surface area contributed by atoms with E-state index in [1.807, 2.05) is 30.3 Å². The Balaban J connectivity index is 1.30. The lowest BCUT2D eigenvalue weighted by atomic mass is 9.85. The molecule has 12 nitrogen and oxygen atoms in total. The molecule has 338 valence electrons. The summed E-state index contributed by atoms with van der Waals surface area (Å²) in [6.07, 6.45) is 1.03. The highest BCUT2D eigenvalue weighted by Gasteiger charge is 2.51. The van der Waals surface area contributed by atoms with E-state index in [-0.39, 0.29) is 78.6 Å². The van der Waals surface area contributed by atoms with Crippen molar-refractivity contribution in [3.8, 4) is 5.75 Å². The number of aliphatic hydroxyl groups excluding tert-OH is 4. The normalized spacial score (nSPS) is 20.1. The SMILES string of the molecule is C/C(CO)=C1\CCc2ccc(cc2)C[C@H](CCc2cccc(Cc3ccccc3)c2)CC(=O)O[C@@H]2c3c(ccc4c(CO)c([C@H](CCO)COCO)c(=O)oc34)OC(C)(C)[C@H]2OC1=O. The van der Waals surface area contributed by atoms with Crippen LogP contribution in [0.15, 0.2) is 111 Å². The number of fused-ring (bicyclic) bond motifs is 13. The van der Waals surface area contributed by atoms with Crippen LogP contribution in [0.5, 0.6) is 5.75 Å². The number of esters is 2. The topological polar surface area (TPSA) is 182 Å². The lowest BCUT2D eigenvalue weighted by Gasteiger charge is -2.43. The molecule has 8 rings (SSSR count). The third kappa shape index (κ3) is 10.7. The van der Waals surface area contributed by atoms with Crippen molar-refractivity contribution < 1.29 is 53.4 Å². The zero-order valence-corrected chi connectivity index (χ0v) is 36.7. The average Bonchev–Trinajstić information content (AvgIpc) is 3.28. The van der Waals surface area contributed by atoms with Gasteiger partial charge in [0.15, 0.2) is 12.2 Å². The predicted octanol–water partition coefficient (Wildman–Crippen LogP) is 7.11. The Bertz CT molecular complexity index is 2500. The third-order valence-electron chi connectivity index (χ3n) is 12.5. The summed E-state index contributed by atoms with van der Waals surface area (Å²) < 4.78 is 30.7. The maximum atomic E-state index is 14.6. The monoisotopic (exact) mass is 874 g/mol. The minimum absolute atomic E-state index is 0.0163. The van der Waals surface area contributed by atoms with Crippen LogP contribution >= 0.6 is 0 Å². The van der Waals surface area contributed by atoms with Crippen LogP contribution in [-0.2, 0) is 56.1 Å². The molecule has 3 aliphatic heterocycles. The van der Waals surface area contributed by atoms with Gasteiger partial charge in [-0.2, -0.15) is 0 Å². The molecule has 0 fully saturated rings. The molecule has 64 heavy (non-hydrogen) atoms. The van der Waals surface area contributed by atoms with Crippen LogP contribution in [0.4, 0.5) is 0 Å². The summed E-state index contributed by atoms with van der Waals surface area (Å²) in [7, 11) is 0. The van der Waals surface area contributed by atoms with Crippen molar-refractivity contribution in [3.05, 3.63) is 157 Å². The number of hydrogen-bond donors (Lipinski definition) is 4. The quantitative estimate of drug-likeness (QED) is 0.0408. The van der Waals surface area contributed by atoms with Gasteiger partial charge in [-0.05, 0) is 123 Å². The standard InChI is InChI=1S/C52H58O12/c1-32(28-54)40-19-18-33-12-14-36(15-13-33)26-38(17-16-35-10-7-11-37(25-35)24-34-8-5-4-6-9-34)27-44(57)61-48-46-43(64-52(2,3)49(48)63-50(40)58)21-20-41-42(29-55)45(51(59)62-47(41)46)39(22-23-53)30-60-31-56/h4-15,20-21,25,38-39,48-49,53-56H,16-19,22-24,26-31H2,1-3H3/b40-32-/t38-,39+,48+,49-/m0/s1. The minimum Gasteiger partial charge on any atom is -0.483 e. The molecule has 2 bridgehead atoms. The smallest absolute Gasteiger partial charge is 0.340 e. The van der Waals surface area contributed by atoms with Gasteiger partial charge < -0.3 is 43.8 Å². The van der Waals surface area contributed by atoms with E-state index in [0.717, 1.165) is 23.1 Å². The molecule has 4 aromatic carbocycles.